The first-order valence-electron chi connectivity index (χ1n) is 6.87. The van der Waals surface area contributed by atoms with Gasteiger partial charge in [-0.1, -0.05) is 20.3 Å². The molecule has 0 aromatic carbocycles. The Morgan fingerprint density at radius 2 is 1.80 bits per heavy atom. The molecule has 1 rings (SSSR count). The molecule has 0 heterocycles. The van der Waals surface area contributed by atoms with E-state index >= 15 is 0 Å². The first-order chi connectivity index (χ1) is 9.35. The highest BCUT2D eigenvalue weighted by atomic mass is 16.4. The number of carbonyl (C=O) groups is 3. The van der Waals surface area contributed by atoms with E-state index in [1.165, 1.54) is 0 Å². The van der Waals surface area contributed by atoms with Gasteiger partial charge in [0.15, 0.2) is 0 Å². The van der Waals surface area contributed by atoms with E-state index in [-0.39, 0.29) is 19.0 Å². The molecule has 0 aliphatic heterocycles. The molecule has 0 bridgehead atoms. The maximum absolute atomic E-state index is 11.5. The van der Waals surface area contributed by atoms with E-state index in [0.29, 0.717) is 25.3 Å². The van der Waals surface area contributed by atoms with Crippen LogP contribution in [0.25, 0.3) is 0 Å². The van der Waals surface area contributed by atoms with E-state index < -0.39 is 17.4 Å². The zero-order valence-corrected chi connectivity index (χ0v) is 12.0. The standard InChI is InChI=1S/C13H23N3O4/c1-9(2)6-14-10(17)7-15-12(20)16-8-13(11(18)19)4-3-5-13/h9H,3-8H2,1-2H3,(H,14,17)(H,18,19)(H2,15,16,20). The Kier molecular flexibility index (Phi) is 5.79. The van der Waals surface area contributed by atoms with E-state index in [1.54, 1.807) is 0 Å². The number of amides is 3. The van der Waals surface area contributed by atoms with Gasteiger partial charge in [0.2, 0.25) is 5.91 Å². The fourth-order valence-electron chi connectivity index (χ4n) is 1.92. The predicted molar refractivity (Wildman–Crippen MR) is 73.2 cm³/mol. The Bertz CT molecular complexity index is 378. The Morgan fingerprint density at radius 3 is 2.25 bits per heavy atom. The van der Waals surface area contributed by atoms with Crippen molar-refractivity contribution in [1.29, 1.82) is 0 Å². The van der Waals surface area contributed by atoms with Crippen LogP contribution in [-0.2, 0) is 9.59 Å². The van der Waals surface area contributed by atoms with Gasteiger partial charge in [-0.15, -0.1) is 0 Å². The van der Waals surface area contributed by atoms with E-state index in [0.717, 1.165) is 6.42 Å². The largest absolute Gasteiger partial charge is 0.481 e. The molecule has 1 saturated carbocycles. The van der Waals surface area contributed by atoms with Crippen molar-refractivity contribution in [2.24, 2.45) is 11.3 Å². The molecule has 0 saturated heterocycles. The highest BCUT2D eigenvalue weighted by Crippen LogP contribution is 2.40. The predicted octanol–water partition coefficient (Wildman–Crippen LogP) is 0.313. The van der Waals surface area contributed by atoms with Crippen LogP contribution in [0, 0.1) is 11.3 Å². The molecule has 7 heteroatoms. The van der Waals surface area contributed by atoms with Crippen LogP contribution in [0.3, 0.4) is 0 Å². The molecule has 0 spiro atoms. The number of nitrogens with one attached hydrogen (secondary N) is 3. The van der Waals surface area contributed by atoms with Crippen molar-refractivity contribution in [2.75, 3.05) is 19.6 Å². The van der Waals surface area contributed by atoms with Crippen LogP contribution in [-0.4, -0.2) is 42.6 Å². The minimum atomic E-state index is -0.876. The highest BCUT2D eigenvalue weighted by molar-refractivity contribution is 5.84. The molecule has 0 aromatic heterocycles. The zero-order chi connectivity index (χ0) is 15.2. The van der Waals surface area contributed by atoms with Crippen molar-refractivity contribution >= 4 is 17.9 Å². The molecule has 4 N–H and O–H groups in total. The Hall–Kier alpha value is -1.79. The van der Waals surface area contributed by atoms with Crippen molar-refractivity contribution in [3.8, 4) is 0 Å². The third-order valence-corrected chi connectivity index (χ3v) is 3.47. The second kappa shape index (κ2) is 7.12. The number of hydrogen-bond donors (Lipinski definition) is 4. The number of urea groups is 1. The Morgan fingerprint density at radius 1 is 1.15 bits per heavy atom. The summed E-state index contributed by atoms with van der Waals surface area (Å²) in [6.45, 7) is 4.50. The molecule has 20 heavy (non-hydrogen) atoms. The molecule has 1 fully saturated rings. The summed E-state index contributed by atoms with van der Waals surface area (Å²) in [5.74, 6) is -0.786. The van der Waals surface area contributed by atoms with Crippen LogP contribution in [0.1, 0.15) is 33.1 Å². The normalized spacial score (nSPS) is 16.1. The molecule has 0 radical (unpaired) electrons. The minimum Gasteiger partial charge on any atom is -0.481 e. The fraction of sp³-hybridized carbons (Fsp3) is 0.769. The average molecular weight is 285 g/mol. The lowest BCUT2D eigenvalue weighted by molar-refractivity contribution is -0.153. The zero-order valence-electron chi connectivity index (χ0n) is 12.0. The molecule has 0 unspecified atom stereocenters. The van der Waals surface area contributed by atoms with Gasteiger partial charge < -0.3 is 21.1 Å². The molecule has 114 valence electrons. The smallest absolute Gasteiger partial charge is 0.315 e. The third kappa shape index (κ3) is 4.71. The van der Waals surface area contributed by atoms with Crippen LogP contribution in [0.5, 0.6) is 0 Å². The van der Waals surface area contributed by atoms with Crippen LogP contribution < -0.4 is 16.0 Å². The van der Waals surface area contributed by atoms with Gasteiger partial charge >= 0.3 is 12.0 Å². The topological polar surface area (TPSA) is 108 Å². The maximum atomic E-state index is 11.5. The molecule has 1 aliphatic rings. The number of hydrogen-bond acceptors (Lipinski definition) is 3. The van der Waals surface area contributed by atoms with Gasteiger partial charge in [0.25, 0.3) is 0 Å². The monoisotopic (exact) mass is 285 g/mol. The minimum absolute atomic E-state index is 0.0990. The second-order valence-electron chi connectivity index (χ2n) is 5.67. The number of rotatable bonds is 7. The first-order valence-corrected chi connectivity index (χ1v) is 6.87. The second-order valence-corrected chi connectivity index (χ2v) is 5.67. The van der Waals surface area contributed by atoms with Gasteiger partial charge in [-0.05, 0) is 18.8 Å². The number of carboxylic acids is 1. The summed E-state index contributed by atoms with van der Waals surface area (Å²) < 4.78 is 0. The molecule has 1 aliphatic carbocycles. The van der Waals surface area contributed by atoms with Gasteiger partial charge in [-0.3, -0.25) is 9.59 Å². The molecule has 7 nitrogen and oxygen atoms in total. The van der Waals surface area contributed by atoms with E-state index in [9.17, 15) is 14.4 Å². The first kappa shape index (κ1) is 16.3. The Balaban J connectivity index is 2.20. The lowest BCUT2D eigenvalue weighted by Crippen LogP contribution is -2.50. The van der Waals surface area contributed by atoms with Gasteiger partial charge in [0.1, 0.15) is 0 Å². The SMILES string of the molecule is CC(C)CNC(=O)CNC(=O)NCC1(C(=O)O)CCC1. The summed E-state index contributed by atoms with van der Waals surface area (Å²) in [5, 5.41) is 16.7. The summed E-state index contributed by atoms with van der Waals surface area (Å²) in [4.78, 5) is 34.0. The molecular weight excluding hydrogens is 262 g/mol. The lowest BCUT2D eigenvalue weighted by atomic mass is 9.69. The molecule has 3 amide bonds. The van der Waals surface area contributed by atoms with Crippen molar-refractivity contribution in [3.05, 3.63) is 0 Å². The molecule has 0 atom stereocenters. The summed E-state index contributed by atoms with van der Waals surface area (Å²) in [6.07, 6.45) is 2.03. The van der Waals surface area contributed by atoms with Gasteiger partial charge in [0, 0.05) is 13.1 Å². The van der Waals surface area contributed by atoms with Crippen molar-refractivity contribution < 1.29 is 19.5 Å². The summed E-state index contributed by atoms with van der Waals surface area (Å²) >= 11 is 0. The van der Waals surface area contributed by atoms with Gasteiger partial charge in [0.05, 0.1) is 12.0 Å². The van der Waals surface area contributed by atoms with E-state index in [4.69, 9.17) is 5.11 Å². The van der Waals surface area contributed by atoms with Crippen molar-refractivity contribution in [3.63, 3.8) is 0 Å². The number of carbonyl (C=O) groups excluding carboxylic acids is 2. The average Bonchev–Trinajstić information content (AvgIpc) is 2.32. The van der Waals surface area contributed by atoms with Crippen LogP contribution >= 0.6 is 0 Å². The van der Waals surface area contributed by atoms with Crippen LogP contribution in [0.4, 0.5) is 4.79 Å². The fourth-order valence-corrected chi connectivity index (χ4v) is 1.92. The highest BCUT2D eigenvalue weighted by Gasteiger charge is 2.44. The molecular formula is C13H23N3O4. The quantitative estimate of drug-likeness (QED) is 0.540. The van der Waals surface area contributed by atoms with Crippen LogP contribution in [0.2, 0.25) is 0 Å². The maximum Gasteiger partial charge on any atom is 0.315 e. The summed E-state index contributed by atoms with van der Waals surface area (Å²) in [7, 11) is 0. The van der Waals surface area contributed by atoms with Gasteiger partial charge in [-0.2, -0.15) is 0 Å². The summed E-state index contributed by atoms with van der Waals surface area (Å²) in [5.41, 5.74) is -0.822. The van der Waals surface area contributed by atoms with Gasteiger partial charge in [-0.25, -0.2) is 4.79 Å². The van der Waals surface area contributed by atoms with E-state index in [2.05, 4.69) is 16.0 Å². The number of carboxylic acid groups (broad SMARTS) is 1. The lowest BCUT2D eigenvalue weighted by Gasteiger charge is -2.37. The Labute approximate surface area is 118 Å². The number of aliphatic carboxylic acids is 1. The van der Waals surface area contributed by atoms with Crippen molar-refractivity contribution in [2.45, 2.75) is 33.1 Å². The van der Waals surface area contributed by atoms with E-state index in [1.807, 2.05) is 13.8 Å². The third-order valence-electron chi connectivity index (χ3n) is 3.47. The molecule has 0 aromatic rings. The van der Waals surface area contributed by atoms with Crippen molar-refractivity contribution in [1.82, 2.24) is 16.0 Å². The summed E-state index contributed by atoms with van der Waals surface area (Å²) in [6, 6.07) is -0.516. The van der Waals surface area contributed by atoms with Crippen LogP contribution in [0.15, 0.2) is 0 Å².